The van der Waals surface area contributed by atoms with Gasteiger partial charge in [0.05, 0.1) is 12.7 Å². The van der Waals surface area contributed by atoms with Crippen molar-refractivity contribution in [3.8, 4) is 0 Å². The van der Waals surface area contributed by atoms with Gasteiger partial charge in [0.25, 0.3) is 0 Å². The largest absolute Gasteiger partial charge is 0.395 e. The zero-order chi connectivity index (χ0) is 15.3. The number of aliphatic hydroxyl groups is 1. The second-order valence-electron chi connectivity index (χ2n) is 6.08. The molecule has 0 bridgehead atoms. The Bertz CT molecular complexity index is 367. The molecule has 2 unspecified atom stereocenters. The molecule has 0 aromatic heterocycles. The Balaban J connectivity index is 1.95. The smallest absolute Gasteiger partial charge is 0.317 e. The number of rotatable bonds is 7. The predicted molar refractivity (Wildman–Crippen MR) is 82.1 cm³/mol. The highest BCUT2D eigenvalue weighted by molar-refractivity contribution is 5.75. The molecule has 0 heterocycles. The van der Waals surface area contributed by atoms with Crippen molar-refractivity contribution in [2.75, 3.05) is 26.3 Å². The molecule has 2 atom stereocenters. The van der Waals surface area contributed by atoms with E-state index in [9.17, 15) is 4.79 Å². The molecule has 2 aliphatic carbocycles. The van der Waals surface area contributed by atoms with Gasteiger partial charge in [0.2, 0.25) is 0 Å². The molecular weight excluding hydrogens is 268 g/mol. The number of carbonyl (C=O) groups is 1. The second kappa shape index (κ2) is 7.27. The molecule has 1 spiro atoms. The first kappa shape index (κ1) is 16.3. The van der Waals surface area contributed by atoms with Gasteiger partial charge in [-0.1, -0.05) is 18.9 Å². The van der Waals surface area contributed by atoms with Crippen molar-refractivity contribution in [1.29, 1.82) is 0 Å². The third kappa shape index (κ3) is 3.24. The Morgan fingerprint density at radius 3 is 2.81 bits per heavy atom. The van der Waals surface area contributed by atoms with Gasteiger partial charge in [-0.2, -0.15) is 0 Å². The first-order valence-electron chi connectivity index (χ1n) is 8.06. The van der Waals surface area contributed by atoms with E-state index in [1.807, 2.05) is 6.92 Å². The van der Waals surface area contributed by atoms with Gasteiger partial charge >= 0.3 is 6.03 Å². The first-order valence-corrected chi connectivity index (χ1v) is 8.06. The molecule has 0 aromatic rings. The Morgan fingerprint density at radius 2 is 2.24 bits per heavy atom. The van der Waals surface area contributed by atoms with Gasteiger partial charge in [-0.25, -0.2) is 4.79 Å². The lowest BCUT2D eigenvalue weighted by molar-refractivity contribution is -0.127. The van der Waals surface area contributed by atoms with Crippen LogP contribution in [0.2, 0.25) is 0 Å². The third-order valence-corrected chi connectivity index (χ3v) is 4.99. The molecule has 2 N–H and O–H groups in total. The van der Waals surface area contributed by atoms with Gasteiger partial charge in [-0.15, -0.1) is 6.58 Å². The lowest BCUT2D eigenvalue weighted by Crippen LogP contribution is -2.65. The molecule has 2 fully saturated rings. The van der Waals surface area contributed by atoms with Crippen molar-refractivity contribution >= 4 is 6.03 Å². The lowest BCUT2D eigenvalue weighted by Gasteiger charge is -2.54. The summed E-state index contributed by atoms with van der Waals surface area (Å²) in [6, 6.07) is 0.102. The van der Waals surface area contributed by atoms with E-state index >= 15 is 0 Å². The molecule has 0 saturated heterocycles. The minimum absolute atomic E-state index is 0.0291. The number of ether oxygens (including phenoxy) is 1. The summed E-state index contributed by atoms with van der Waals surface area (Å²) in [4.78, 5) is 13.9. The number of carbonyl (C=O) groups excluding carboxylic acids is 1. The molecule has 2 amide bonds. The first-order chi connectivity index (χ1) is 10.2. The van der Waals surface area contributed by atoms with E-state index in [-0.39, 0.29) is 24.1 Å². The monoisotopic (exact) mass is 296 g/mol. The third-order valence-electron chi connectivity index (χ3n) is 4.99. The van der Waals surface area contributed by atoms with Crippen LogP contribution in [0.25, 0.3) is 0 Å². The highest BCUT2D eigenvalue weighted by atomic mass is 16.5. The van der Waals surface area contributed by atoms with Crippen LogP contribution in [0.4, 0.5) is 4.79 Å². The van der Waals surface area contributed by atoms with Crippen LogP contribution in [-0.2, 0) is 4.74 Å². The number of amides is 2. The molecule has 2 aliphatic rings. The second-order valence-corrected chi connectivity index (χ2v) is 6.08. The van der Waals surface area contributed by atoms with E-state index in [0.29, 0.717) is 19.2 Å². The number of nitrogens with zero attached hydrogens (tertiary/aromatic N) is 1. The minimum Gasteiger partial charge on any atom is -0.395 e. The van der Waals surface area contributed by atoms with Gasteiger partial charge in [0.1, 0.15) is 0 Å². The molecule has 0 radical (unpaired) electrons. The average molecular weight is 296 g/mol. The predicted octanol–water partition coefficient (Wildman–Crippen LogP) is 1.91. The fourth-order valence-corrected chi connectivity index (χ4v) is 3.88. The molecule has 21 heavy (non-hydrogen) atoms. The Labute approximate surface area is 127 Å². The summed E-state index contributed by atoms with van der Waals surface area (Å²) in [5, 5.41) is 12.2. The number of hydrogen-bond acceptors (Lipinski definition) is 3. The Kier molecular flexibility index (Phi) is 5.65. The highest BCUT2D eigenvalue weighted by Crippen LogP contribution is 2.54. The van der Waals surface area contributed by atoms with Crippen molar-refractivity contribution in [3.05, 3.63) is 12.7 Å². The van der Waals surface area contributed by atoms with Crippen molar-refractivity contribution in [2.24, 2.45) is 5.41 Å². The molecule has 0 aromatic carbocycles. The van der Waals surface area contributed by atoms with E-state index < -0.39 is 0 Å². The maximum absolute atomic E-state index is 12.3. The van der Waals surface area contributed by atoms with E-state index in [0.717, 1.165) is 25.9 Å². The maximum Gasteiger partial charge on any atom is 0.317 e. The summed E-state index contributed by atoms with van der Waals surface area (Å²) in [5.41, 5.74) is 0.144. The standard InChI is InChI=1S/C16H28N2O3/c1-3-9-18(10-11-19)15(20)17-13-12-14(21-4-2)16(13)7-5-6-8-16/h3,13-14,19H,1,4-12H2,2H3,(H,17,20). The van der Waals surface area contributed by atoms with Crippen LogP contribution in [0.1, 0.15) is 39.0 Å². The SMILES string of the molecule is C=CCN(CCO)C(=O)NC1CC(OCC)C12CCCC2. The molecule has 0 aliphatic heterocycles. The summed E-state index contributed by atoms with van der Waals surface area (Å²) in [5.74, 6) is 0. The fraction of sp³-hybridized carbons (Fsp3) is 0.812. The van der Waals surface area contributed by atoms with E-state index in [4.69, 9.17) is 9.84 Å². The summed E-state index contributed by atoms with van der Waals surface area (Å²) in [6.07, 6.45) is 7.62. The zero-order valence-electron chi connectivity index (χ0n) is 13.0. The van der Waals surface area contributed by atoms with Gasteiger partial charge in [-0.05, 0) is 26.2 Å². The summed E-state index contributed by atoms with van der Waals surface area (Å²) in [6.45, 7) is 7.20. The van der Waals surface area contributed by atoms with Crippen LogP contribution in [0.3, 0.4) is 0 Å². The van der Waals surface area contributed by atoms with Gasteiger partial charge in [0, 0.05) is 31.2 Å². The topological polar surface area (TPSA) is 61.8 Å². The number of urea groups is 1. The van der Waals surface area contributed by atoms with Crippen molar-refractivity contribution in [3.63, 3.8) is 0 Å². The molecule has 5 nitrogen and oxygen atoms in total. The van der Waals surface area contributed by atoms with Crippen LogP contribution >= 0.6 is 0 Å². The zero-order valence-corrected chi connectivity index (χ0v) is 13.0. The van der Waals surface area contributed by atoms with Crippen molar-refractivity contribution < 1.29 is 14.6 Å². The summed E-state index contributed by atoms with van der Waals surface area (Å²) in [7, 11) is 0. The van der Waals surface area contributed by atoms with Crippen LogP contribution in [0, 0.1) is 5.41 Å². The van der Waals surface area contributed by atoms with Gasteiger partial charge < -0.3 is 20.1 Å². The number of hydrogen-bond donors (Lipinski definition) is 2. The lowest BCUT2D eigenvalue weighted by atomic mass is 9.60. The maximum atomic E-state index is 12.3. The van der Waals surface area contributed by atoms with Crippen molar-refractivity contribution in [2.45, 2.75) is 51.2 Å². The molecule has 2 rings (SSSR count). The van der Waals surface area contributed by atoms with Crippen molar-refractivity contribution in [1.82, 2.24) is 10.2 Å². The van der Waals surface area contributed by atoms with Crippen LogP contribution in [0.5, 0.6) is 0 Å². The summed E-state index contributed by atoms with van der Waals surface area (Å²) < 4.78 is 5.86. The number of aliphatic hydroxyl groups excluding tert-OH is 1. The normalized spacial score (nSPS) is 26.4. The van der Waals surface area contributed by atoms with E-state index in [1.165, 1.54) is 12.8 Å². The molecular formula is C16H28N2O3. The van der Waals surface area contributed by atoms with Gasteiger partial charge in [0.15, 0.2) is 0 Å². The Hall–Kier alpha value is -1.07. The summed E-state index contributed by atoms with van der Waals surface area (Å²) >= 11 is 0. The van der Waals surface area contributed by atoms with E-state index in [1.54, 1.807) is 11.0 Å². The number of nitrogens with one attached hydrogen (secondary N) is 1. The van der Waals surface area contributed by atoms with Crippen LogP contribution < -0.4 is 5.32 Å². The van der Waals surface area contributed by atoms with E-state index in [2.05, 4.69) is 11.9 Å². The highest BCUT2D eigenvalue weighted by Gasteiger charge is 2.57. The quantitative estimate of drug-likeness (QED) is 0.706. The molecule has 120 valence electrons. The fourth-order valence-electron chi connectivity index (χ4n) is 3.88. The minimum atomic E-state index is -0.102. The van der Waals surface area contributed by atoms with Crippen LogP contribution in [-0.4, -0.2) is 54.5 Å². The molecule has 2 saturated carbocycles. The average Bonchev–Trinajstić information content (AvgIpc) is 2.98. The molecule has 5 heteroatoms. The van der Waals surface area contributed by atoms with Gasteiger partial charge in [-0.3, -0.25) is 0 Å². The Morgan fingerprint density at radius 1 is 1.52 bits per heavy atom. The van der Waals surface area contributed by atoms with Crippen LogP contribution in [0.15, 0.2) is 12.7 Å².